The van der Waals surface area contributed by atoms with Crippen molar-refractivity contribution < 1.29 is 28.4 Å². The molecule has 2 aliphatic rings. The predicted octanol–water partition coefficient (Wildman–Crippen LogP) is 4.78. The molecular weight excluding hydrogens is 817 g/mol. The van der Waals surface area contributed by atoms with Crippen LogP contribution in [0.4, 0.5) is 0 Å². The van der Waals surface area contributed by atoms with Gasteiger partial charge in [-0.2, -0.15) is 0 Å². The first-order chi connectivity index (χ1) is 28.4. The minimum Gasteiger partial charge on any atom is -0.464 e. The van der Waals surface area contributed by atoms with E-state index in [4.69, 9.17) is 15.9 Å². The lowest BCUT2D eigenvalue weighted by Gasteiger charge is -2.54. The third-order valence-electron chi connectivity index (χ3n) is 11.6. The molecule has 4 aromatic rings. The van der Waals surface area contributed by atoms with E-state index in [0.717, 1.165) is 34.9 Å². The lowest BCUT2D eigenvalue weighted by atomic mass is 9.71. The van der Waals surface area contributed by atoms with E-state index in [9.17, 15) is 24.0 Å². The molecule has 2 saturated heterocycles. The molecule has 1 spiro atoms. The number of hydrogen-bond donors (Lipinski definition) is 5. The lowest BCUT2D eigenvalue weighted by molar-refractivity contribution is -0.141. The molecule has 4 atom stereocenters. The molecule has 61 heavy (non-hydrogen) atoms. The fourth-order valence-electron chi connectivity index (χ4n) is 8.22. The average Bonchev–Trinajstić information content (AvgIpc) is 3.70. The zero-order valence-corrected chi connectivity index (χ0v) is 36.7. The van der Waals surface area contributed by atoms with Gasteiger partial charge in [-0.1, -0.05) is 74.5 Å². The number of nitrogens with one attached hydrogen (secondary N) is 3. The number of nitrogens with two attached hydrogens (primary N) is 2. The van der Waals surface area contributed by atoms with Gasteiger partial charge >= 0.3 is 0 Å². The second-order valence-electron chi connectivity index (χ2n) is 16.7. The first kappa shape index (κ1) is 48.7. The Balaban J connectivity index is 0.00000410. The molecule has 7 N–H and O–H groups in total. The van der Waals surface area contributed by atoms with E-state index in [0.29, 0.717) is 70.4 Å². The molecule has 0 radical (unpaired) electrons. The summed E-state index contributed by atoms with van der Waals surface area (Å²) in [6.45, 7) is 6.68. The number of carbonyl (C=O) groups excluding carboxylic acids is 5. The molecule has 330 valence electrons. The summed E-state index contributed by atoms with van der Waals surface area (Å²) in [5.41, 5.74) is 15.2. The van der Waals surface area contributed by atoms with Crippen molar-refractivity contribution in [2.45, 2.75) is 89.4 Å². The molecule has 15 heteroatoms. The Kier molecular flexibility index (Phi) is 18.2. The second kappa shape index (κ2) is 22.8. The Labute approximate surface area is 370 Å². The van der Waals surface area contributed by atoms with Crippen LogP contribution in [0.3, 0.4) is 0 Å². The van der Waals surface area contributed by atoms with Gasteiger partial charge < -0.3 is 41.6 Å². The Bertz CT molecular complexity index is 2050. The highest BCUT2D eigenvalue weighted by Gasteiger charge is 2.48. The Morgan fingerprint density at radius 3 is 1.93 bits per heavy atom. The Morgan fingerprint density at radius 1 is 0.721 bits per heavy atom. The third-order valence-corrected chi connectivity index (χ3v) is 11.6. The summed E-state index contributed by atoms with van der Waals surface area (Å²) < 4.78 is 5.42. The largest absolute Gasteiger partial charge is 0.464 e. The molecule has 6 rings (SSSR count). The normalized spacial score (nSPS) is 16.3. The zero-order valence-electron chi connectivity index (χ0n) is 35.1. The number of carbonyl (C=O) groups is 5. The van der Waals surface area contributed by atoms with Crippen LogP contribution >= 0.6 is 24.8 Å². The highest BCUT2D eigenvalue weighted by molar-refractivity contribution is 5.98. The van der Waals surface area contributed by atoms with Crippen LogP contribution in [-0.4, -0.2) is 96.2 Å². The number of furan rings is 1. The fraction of sp³-hybridized carbons (Fsp3) is 0.457. The number of nitrogens with zero attached hydrogens (tertiary/aromatic N) is 2. The summed E-state index contributed by atoms with van der Waals surface area (Å²) in [4.78, 5) is 72.7. The monoisotopic (exact) mass is 877 g/mol. The van der Waals surface area contributed by atoms with Gasteiger partial charge in [0.15, 0.2) is 0 Å². The Morgan fingerprint density at radius 2 is 1.31 bits per heavy atom. The molecule has 0 unspecified atom stereocenters. The van der Waals surface area contributed by atoms with Crippen LogP contribution in [0.2, 0.25) is 0 Å². The van der Waals surface area contributed by atoms with Gasteiger partial charge in [-0.15, -0.1) is 24.8 Å². The summed E-state index contributed by atoms with van der Waals surface area (Å²) in [7, 11) is 0. The predicted molar refractivity (Wildman–Crippen MR) is 241 cm³/mol. The van der Waals surface area contributed by atoms with E-state index in [1.807, 2.05) is 103 Å². The molecule has 5 amide bonds. The number of rotatable bonds is 18. The van der Waals surface area contributed by atoms with Crippen LogP contribution in [-0.2, 0) is 32.0 Å². The highest BCUT2D eigenvalue weighted by Crippen LogP contribution is 2.41. The summed E-state index contributed by atoms with van der Waals surface area (Å²) in [6, 6.07) is 22.4. The van der Waals surface area contributed by atoms with Crippen LogP contribution in [0.5, 0.6) is 0 Å². The molecule has 2 fully saturated rings. The van der Waals surface area contributed by atoms with Crippen LogP contribution < -0.4 is 27.4 Å². The van der Waals surface area contributed by atoms with Gasteiger partial charge in [0.25, 0.3) is 5.91 Å². The molecule has 2 aliphatic heterocycles. The van der Waals surface area contributed by atoms with Crippen molar-refractivity contribution in [2.75, 3.05) is 32.7 Å². The SMILES string of the molecule is CC(C)C[C@@H](NC(=O)[C@@H](Cc1ccccc1)NC(=O)[C@H](N)Cc1ccccc1)C(=O)N[C@H](CCCCN)C(=O)N1CCC2(CC1)CN(C(=O)c1ccc3occc3c1)C2.Cl.Cl. The number of likely N-dealkylation sites (tertiary alicyclic amines) is 2. The minimum atomic E-state index is -1.00. The molecule has 0 aliphatic carbocycles. The first-order valence-corrected chi connectivity index (χ1v) is 20.9. The molecule has 1 aromatic heterocycles. The number of fused-ring (bicyclic) bond motifs is 1. The summed E-state index contributed by atoms with van der Waals surface area (Å²) >= 11 is 0. The third kappa shape index (κ3) is 13.0. The van der Waals surface area contributed by atoms with Gasteiger partial charge in [-0.25, -0.2) is 0 Å². The number of unbranched alkanes of at least 4 members (excludes halogenated alkanes) is 1. The van der Waals surface area contributed by atoms with Gasteiger partial charge in [0, 0.05) is 49.0 Å². The smallest absolute Gasteiger partial charge is 0.253 e. The van der Waals surface area contributed by atoms with Gasteiger partial charge in [-0.3, -0.25) is 24.0 Å². The second-order valence-corrected chi connectivity index (χ2v) is 16.7. The summed E-state index contributed by atoms with van der Waals surface area (Å²) in [5.74, 6) is -1.60. The number of piperidine rings is 1. The standard InChI is InChI=1S/C46H59N7O6.2ClH/c1-31(2)25-38(51-43(56)39(27-33-13-7-4-8-14-33)50-41(54)36(48)26-32-11-5-3-6-12-32)42(55)49-37(15-9-10-21-47)45(58)52-22-19-46(20-23-52)29-53(30-46)44(57)35-16-17-40-34(28-35)18-24-59-40;;/h3-8,11-14,16-18,24,28,31,36-39H,9-10,15,19-23,25-27,29-30,47-48H2,1-2H3,(H,49,55)(H,50,54)(H,51,56);2*1H/t36-,37-,38-,39-;;/m1../s1. The van der Waals surface area contributed by atoms with Gasteiger partial charge in [0.05, 0.1) is 12.3 Å². The van der Waals surface area contributed by atoms with E-state index in [1.165, 1.54) is 0 Å². The molecule has 13 nitrogen and oxygen atoms in total. The summed E-state index contributed by atoms with van der Waals surface area (Å²) in [5, 5.41) is 9.67. The lowest BCUT2D eigenvalue weighted by Crippen LogP contribution is -2.63. The number of benzene rings is 3. The van der Waals surface area contributed by atoms with Crippen molar-refractivity contribution in [3.63, 3.8) is 0 Å². The van der Waals surface area contributed by atoms with Crippen molar-refractivity contribution in [3.8, 4) is 0 Å². The number of amides is 5. The average molecular weight is 879 g/mol. The topological polar surface area (TPSA) is 193 Å². The summed E-state index contributed by atoms with van der Waals surface area (Å²) in [6.07, 6.45) is 5.66. The maximum absolute atomic E-state index is 14.1. The van der Waals surface area contributed by atoms with Gasteiger partial charge in [0.2, 0.25) is 23.6 Å². The van der Waals surface area contributed by atoms with E-state index < -0.39 is 41.9 Å². The van der Waals surface area contributed by atoms with E-state index in [2.05, 4.69) is 16.0 Å². The maximum atomic E-state index is 14.1. The van der Waals surface area contributed by atoms with Gasteiger partial charge in [0.1, 0.15) is 23.7 Å². The first-order valence-electron chi connectivity index (χ1n) is 20.9. The van der Waals surface area contributed by atoms with Crippen LogP contribution in [0.15, 0.2) is 95.6 Å². The zero-order chi connectivity index (χ0) is 41.9. The van der Waals surface area contributed by atoms with Crippen LogP contribution in [0.25, 0.3) is 11.0 Å². The van der Waals surface area contributed by atoms with Crippen molar-refractivity contribution in [2.24, 2.45) is 22.8 Å². The van der Waals surface area contributed by atoms with Crippen molar-refractivity contribution in [1.82, 2.24) is 25.8 Å². The molecular formula is C46H61Cl2N7O6. The van der Waals surface area contributed by atoms with Crippen LogP contribution in [0.1, 0.15) is 73.9 Å². The fourth-order valence-corrected chi connectivity index (χ4v) is 8.22. The maximum Gasteiger partial charge on any atom is 0.253 e. The molecule has 0 bridgehead atoms. The van der Waals surface area contributed by atoms with Gasteiger partial charge in [-0.05, 0) is 92.8 Å². The Hall–Kier alpha value is -4.95. The van der Waals surface area contributed by atoms with E-state index in [1.54, 1.807) is 12.3 Å². The highest BCUT2D eigenvalue weighted by atomic mass is 35.5. The molecule has 3 aromatic carbocycles. The molecule has 0 saturated carbocycles. The van der Waals surface area contributed by atoms with Crippen molar-refractivity contribution >= 4 is 65.3 Å². The van der Waals surface area contributed by atoms with Crippen molar-refractivity contribution in [3.05, 3.63) is 108 Å². The van der Waals surface area contributed by atoms with E-state index in [-0.39, 0.29) is 54.4 Å². The van der Waals surface area contributed by atoms with E-state index >= 15 is 0 Å². The van der Waals surface area contributed by atoms with Crippen LogP contribution in [0, 0.1) is 11.3 Å². The minimum absolute atomic E-state index is 0. The quantitative estimate of drug-likeness (QED) is 0.0882. The number of halogens is 2. The number of hydrogen-bond acceptors (Lipinski definition) is 8. The molecule has 3 heterocycles. The van der Waals surface area contributed by atoms with Crippen molar-refractivity contribution in [1.29, 1.82) is 0 Å².